The third kappa shape index (κ3) is 8.85. The summed E-state index contributed by atoms with van der Waals surface area (Å²) in [5, 5.41) is 6.66. The van der Waals surface area contributed by atoms with E-state index in [0.29, 0.717) is 0 Å². The minimum Gasteiger partial charge on any atom is -0.381 e. The Hall–Kier alpha value is -1.34. The lowest BCUT2D eigenvalue weighted by atomic mass is 10.2. The Morgan fingerprint density at radius 1 is 1.19 bits per heavy atom. The van der Waals surface area contributed by atoms with E-state index in [1.165, 1.54) is 6.42 Å². The molecule has 0 aliphatic carbocycles. The molecule has 1 saturated heterocycles. The molecule has 0 saturated carbocycles. The molecule has 7 heteroatoms. The van der Waals surface area contributed by atoms with Crippen LogP contribution in [0.2, 0.25) is 0 Å². The van der Waals surface area contributed by atoms with Crippen molar-refractivity contribution in [1.82, 2.24) is 20.4 Å². The molecule has 1 aliphatic heterocycles. The molecule has 1 fully saturated rings. The highest BCUT2D eigenvalue weighted by Crippen LogP contribution is 2.18. The van der Waals surface area contributed by atoms with Gasteiger partial charge in [-0.2, -0.15) is 0 Å². The summed E-state index contributed by atoms with van der Waals surface area (Å²) in [6, 6.07) is 0.0649. The number of ether oxygens (including phenoxy) is 1. The molecule has 1 aliphatic rings. The molecule has 1 amide bonds. The number of unbranched alkanes of at least 4 members (excludes halogenated alkanes) is 1. The molecular weight excluding hydrogens is 330 g/mol. The van der Waals surface area contributed by atoms with E-state index in [4.69, 9.17) is 4.74 Å². The fraction of sp³-hybridized carbons (Fsp3) is 0.895. The van der Waals surface area contributed by atoms with Crippen LogP contribution >= 0.6 is 0 Å². The Morgan fingerprint density at radius 2 is 1.88 bits per heavy atom. The van der Waals surface area contributed by atoms with Crippen LogP contribution in [0.3, 0.4) is 0 Å². The summed E-state index contributed by atoms with van der Waals surface area (Å²) in [6.07, 6.45) is 6.38. The molecule has 0 aromatic heterocycles. The predicted octanol–water partition coefficient (Wildman–Crippen LogP) is 1.30. The van der Waals surface area contributed by atoms with Crippen molar-refractivity contribution in [2.24, 2.45) is 4.99 Å². The van der Waals surface area contributed by atoms with Gasteiger partial charge in [0.15, 0.2) is 5.96 Å². The molecule has 7 nitrogen and oxygen atoms in total. The highest BCUT2D eigenvalue weighted by molar-refractivity contribution is 5.81. The summed E-state index contributed by atoms with van der Waals surface area (Å²) in [4.78, 5) is 20.5. The van der Waals surface area contributed by atoms with Crippen molar-refractivity contribution < 1.29 is 9.53 Å². The number of hydrogen-bond acceptors (Lipinski definition) is 4. The Kier molecular flexibility index (Phi) is 12.1. The second-order valence-electron chi connectivity index (χ2n) is 7.03. The van der Waals surface area contributed by atoms with E-state index in [1.54, 1.807) is 11.9 Å². The van der Waals surface area contributed by atoms with Crippen molar-refractivity contribution in [2.75, 3.05) is 60.5 Å². The molecule has 1 heterocycles. The van der Waals surface area contributed by atoms with Gasteiger partial charge in [0, 0.05) is 54.0 Å². The van der Waals surface area contributed by atoms with Crippen LogP contribution < -0.4 is 10.6 Å². The van der Waals surface area contributed by atoms with Gasteiger partial charge in [-0.3, -0.25) is 14.7 Å². The number of nitrogens with one attached hydrogen (secondary N) is 2. The number of guanidine groups is 1. The molecule has 0 aromatic rings. The topological polar surface area (TPSA) is 69.2 Å². The van der Waals surface area contributed by atoms with Gasteiger partial charge in [0.1, 0.15) is 0 Å². The number of rotatable bonds is 12. The van der Waals surface area contributed by atoms with Gasteiger partial charge in [-0.05, 0) is 38.6 Å². The van der Waals surface area contributed by atoms with E-state index < -0.39 is 0 Å². The van der Waals surface area contributed by atoms with E-state index in [-0.39, 0.29) is 11.9 Å². The largest absolute Gasteiger partial charge is 0.381 e. The Morgan fingerprint density at radius 3 is 2.54 bits per heavy atom. The molecule has 1 rings (SSSR count). The molecule has 0 spiro atoms. The van der Waals surface area contributed by atoms with Crippen molar-refractivity contribution in [3.05, 3.63) is 0 Å². The number of likely N-dealkylation sites (tertiary alicyclic amines) is 1. The standard InChI is InChI=1S/C19H39N5O2/c1-5-6-15-26-16-9-12-22-19(20-2)21-11-8-14-24-13-7-10-17(24)18(25)23(3)4/h17H,5-16H2,1-4H3,(H2,20,21,22). The van der Waals surface area contributed by atoms with Crippen LogP contribution in [0.5, 0.6) is 0 Å². The molecule has 0 aromatic carbocycles. The summed E-state index contributed by atoms with van der Waals surface area (Å²) in [5.41, 5.74) is 0. The molecule has 1 unspecified atom stereocenters. The minimum atomic E-state index is 0.0649. The van der Waals surface area contributed by atoms with E-state index in [2.05, 4.69) is 27.4 Å². The maximum atomic E-state index is 12.2. The van der Waals surface area contributed by atoms with E-state index in [9.17, 15) is 4.79 Å². The summed E-state index contributed by atoms with van der Waals surface area (Å²) in [6.45, 7) is 7.50. The second-order valence-corrected chi connectivity index (χ2v) is 7.03. The fourth-order valence-electron chi connectivity index (χ4n) is 3.11. The average Bonchev–Trinajstić information content (AvgIpc) is 3.10. The molecule has 152 valence electrons. The fourth-order valence-corrected chi connectivity index (χ4v) is 3.11. The van der Waals surface area contributed by atoms with E-state index in [0.717, 1.165) is 77.5 Å². The van der Waals surface area contributed by atoms with Gasteiger partial charge in [-0.1, -0.05) is 13.3 Å². The lowest BCUT2D eigenvalue weighted by Crippen LogP contribution is -2.44. The average molecular weight is 370 g/mol. The van der Waals surface area contributed by atoms with Gasteiger partial charge in [0.05, 0.1) is 6.04 Å². The number of nitrogens with zero attached hydrogens (tertiary/aromatic N) is 3. The van der Waals surface area contributed by atoms with Gasteiger partial charge in [-0.15, -0.1) is 0 Å². The van der Waals surface area contributed by atoms with Crippen LogP contribution in [0.15, 0.2) is 4.99 Å². The lowest BCUT2D eigenvalue weighted by molar-refractivity contribution is -0.133. The zero-order valence-electron chi connectivity index (χ0n) is 17.2. The van der Waals surface area contributed by atoms with Crippen molar-refractivity contribution in [1.29, 1.82) is 0 Å². The normalized spacial score (nSPS) is 18.2. The van der Waals surface area contributed by atoms with Gasteiger partial charge in [0.2, 0.25) is 5.91 Å². The first kappa shape index (κ1) is 22.7. The third-order valence-corrected chi connectivity index (χ3v) is 4.63. The summed E-state index contributed by atoms with van der Waals surface area (Å²) in [5.74, 6) is 1.06. The minimum absolute atomic E-state index is 0.0649. The van der Waals surface area contributed by atoms with Crippen LogP contribution in [-0.4, -0.2) is 88.2 Å². The molecule has 1 atom stereocenters. The van der Waals surface area contributed by atoms with Crippen LogP contribution in [0.25, 0.3) is 0 Å². The smallest absolute Gasteiger partial charge is 0.239 e. The van der Waals surface area contributed by atoms with Gasteiger partial charge >= 0.3 is 0 Å². The highest BCUT2D eigenvalue weighted by Gasteiger charge is 2.30. The zero-order valence-corrected chi connectivity index (χ0v) is 17.2. The number of amides is 1. The van der Waals surface area contributed by atoms with Crippen LogP contribution in [0.1, 0.15) is 45.4 Å². The molecular formula is C19H39N5O2. The third-order valence-electron chi connectivity index (χ3n) is 4.63. The summed E-state index contributed by atoms with van der Waals surface area (Å²) in [7, 11) is 5.47. The van der Waals surface area contributed by atoms with Crippen molar-refractivity contribution in [3.8, 4) is 0 Å². The lowest BCUT2D eigenvalue weighted by Gasteiger charge is -2.26. The first-order valence-electron chi connectivity index (χ1n) is 10.1. The quantitative estimate of drug-likeness (QED) is 0.308. The Labute approximate surface area is 159 Å². The maximum Gasteiger partial charge on any atom is 0.239 e. The molecule has 26 heavy (non-hydrogen) atoms. The summed E-state index contributed by atoms with van der Waals surface area (Å²) < 4.78 is 5.55. The number of carbonyl (C=O) groups excluding carboxylic acids is 1. The molecule has 0 radical (unpaired) electrons. The van der Waals surface area contributed by atoms with Crippen molar-refractivity contribution in [3.63, 3.8) is 0 Å². The summed E-state index contributed by atoms with van der Waals surface area (Å²) >= 11 is 0. The first-order valence-corrected chi connectivity index (χ1v) is 10.1. The number of likely N-dealkylation sites (N-methyl/N-ethyl adjacent to an activating group) is 1. The van der Waals surface area contributed by atoms with Gasteiger partial charge < -0.3 is 20.3 Å². The highest BCUT2D eigenvalue weighted by atomic mass is 16.5. The predicted molar refractivity (Wildman–Crippen MR) is 108 cm³/mol. The van der Waals surface area contributed by atoms with E-state index in [1.807, 2.05) is 14.1 Å². The van der Waals surface area contributed by atoms with Crippen molar-refractivity contribution in [2.45, 2.75) is 51.5 Å². The number of carbonyl (C=O) groups is 1. The second kappa shape index (κ2) is 13.8. The van der Waals surface area contributed by atoms with Crippen LogP contribution in [0.4, 0.5) is 0 Å². The number of aliphatic imine (C=N–C) groups is 1. The molecule has 0 bridgehead atoms. The SMILES string of the molecule is CCCCOCCCNC(=NC)NCCCN1CCCC1C(=O)N(C)C. The Balaban J connectivity index is 2.12. The van der Waals surface area contributed by atoms with Crippen LogP contribution in [0, 0.1) is 0 Å². The number of hydrogen-bond donors (Lipinski definition) is 2. The Bertz CT molecular complexity index is 415. The van der Waals surface area contributed by atoms with Gasteiger partial charge in [0.25, 0.3) is 0 Å². The van der Waals surface area contributed by atoms with E-state index >= 15 is 0 Å². The maximum absolute atomic E-state index is 12.2. The van der Waals surface area contributed by atoms with Crippen molar-refractivity contribution >= 4 is 11.9 Å². The van der Waals surface area contributed by atoms with Crippen LogP contribution in [-0.2, 0) is 9.53 Å². The van der Waals surface area contributed by atoms with Gasteiger partial charge in [-0.25, -0.2) is 0 Å². The first-order chi connectivity index (χ1) is 12.6. The molecule has 2 N–H and O–H groups in total. The zero-order chi connectivity index (χ0) is 19.2. The monoisotopic (exact) mass is 369 g/mol.